The molecule has 0 atom stereocenters. The van der Waals surface area contributed by atoms with E-state index in [9.17, 15) is 22.8 Å². The number of alkyl halides is 3. The SMILES string of the molecule is COC(=O)C(=O)N(c1ccc(-c2ccc(OC(F)(F)F)cc2)cc1)c1ccc(C(C)(C)C)cc1. The molecule has 0 bridgehead atoms. The lowest BCUT2D eigenvalue weighted by molar-refractivity contribution is -0.274. The molecule has 0 spiro atoms. The van der Waals surface area contributed by atoms with Gasteiger partial charge in [0.05, 0.1) is 7.11 Å². The van der Waals surface area contributed by atoms with Crippen LogP contribution in [0, 0.1) is 0 Å². The van der Waals surface area contributed by atoms with Crippen LogP contribution in [0.5, 0.6) is 5.75 Å². The van der Waals surface area contributed by atoms with E-state index in [-0.39, 0.29) is 11.2 Å². The van der Waals surface area contributed by atoms with Crippen molar-refractivity contribution in [2.75, 3.05) is 12.0 Å². The van der Waals surface area contributed by atoms with Crippen LogP contribution in [0.25, 0.3) is 11.1 Å². The van der Waals surface area contributed by atoms with Gasteiger partial charge >= 0.3 is 18.2 Å². The van der Waals surface area contributed by atoms with Crippen LogP contribution in [0.3, 0.4) is 0 Å². The molecule has 0 heterocycles. The highest BCUT2D eigenvalue weighted by atomic mass is 19.4. The molecule has 0 saturated carbocycles. The average Bonchev–Trinajstić information content (AvgIpc) is 2.78. The highest BCUT2D eigenvalue weighted by molar-refractivity contribution is 6.39. The van der Waals surface area contributed by atoms with Gasteiger partial charge in [-0.15, -0.1) is 13.2 Å². The Bertz CT molecular complexity index is 1150. The van der Waals surface area contributed by atoms with Crippen molar-refractivity contribution in [2.45, 2.75) is 32.5 Å². The molecule has 8 heteroatoms. The Hall–Kier alpha value is -3.81. The quantitative estimate of drug-likeness (QED) is 0.327. The standard InChI is InChI=1S/C26H24F3NO4/c1-25(2,3)19-9-13-21(14-10-19)30(23(31)24(32)33-4)20-11-5-17(6-12-20)18-7-15-22(16-8-18)34-26(27,28)29/h5-16H,1-4H3. The number of rotatable bonds is 4. The number of methoxy groups -OCH3 is 1. The summed E-state index contributed by atoms with van der Waals surface area (Å²) >= 11 is 0. The summed E-state index contributed by atoms with van der Waals surface area (Å²) in [7, 11) is 1.14. The summed E-state index contributed by atoms with van der Waals surface area (Å²) in [5.74, 6) is -2.18. The van der Waals surface area contributed by atoms with Gasteiger partial charge in [0.25, 0.3) is 0 Å². The number of ether oxygens (including phenoxy) is 2. The van der Waals surface area contributed by atoms with Gasteiger partial charge in [-0.1, -0.05) is 57.2 Å². The topological polar surface area (TPSA) is 55.8 Å². The summed E-state index contributed by atoms with van der Waals surface area (Å²) in [5.41, 5.74) is 3.26. The van der Waals surface area contributed by atoms with E-state index in [1.807, 2.05) is 12.1 Å². The fourth-order valence-corrected chi connectivity index (χ4v) is 3.32. The summed E-state index contributed by atoms with van der Waals surface area (Å²) in [4.78, 5) is 26.1. The van der Waals surface area contributed by atoms with Crippen molar-refractivity contribution in [3.63, 3.8) is 0 Å². The number of amides is 1. The fourth-order valence-electron chi connectivity index (χ4n) is 3.32. The fraction of sp³-hybridized carbons (Fsp3) is 0.231. The lowest BCUT2D eigenvalue weighted by Crippen LogP contribution is -2.33. The van der Waals surface area contributed by atoms with Crippen LogP contribution >= 0.6 is 0 Å². The number of esters is 1. The zero-order valence-corrected chi connectivity index (χ0v) is 19.1. The summed E-state index contributed by atoms with van der Waals surface area (Å²) in [6, 6.07) is 19.5. The van der Waals surface area contributed by atoms with E-state index in [1.54, 1.807) is 36.4 Å². The molecule has 0 aromatic heterocycles. The van der Waals surface area contributed by atoms with Crippen molar-refractivity contribution in [1.82, 2.24) is 0 Å². The Balaban J connectivity index is 1.92. The molecular weight excluding hydrogens is 447 g/mol. The molecule has 0 aliphatic rings. The lowest BCUT2D eigenvalue weighted by atomic mass is 9.87. The van der Waals surface area contributed by atoms with Crippen molar-refractivity contribution in [3.05, 3.63) is 78.4 Å². The first-order valence-corrected chi connectivity index (χ1v) is 10.4. The van der Waals surface area contributed by atoms with Crippen LogP contribution in [0.2, 0.25) is 0 Å². The minimum atomic E-state index is -4.76. The second kappa shape index (κ2) is 9.59. The number of halogens is 3. The van der Waals surface area contributed by atoms with Crippen LogP contribution < -0.4 is 9.64 Å². The molecule has 1 amide bonds. The van der Waals surface area contributed by atoms with Gasteiger partial charge in [0.15, 0.2) is 0 Å². The highest BCUT2D eigenvalue weighted by Crippen LogP contribution is 2.32. The highest BCUT2D eigenvalue weighted by Gasteiger charge is 2.31. The monoisotopic (exact) mass is 471 g/mol. The molecule has 0 fully saturated rings. The van der Waals surface area contributed by atoms with Gasteiger partial charge in [-0.2, -0.15) is 0 Å². The summed E-state index contributed by atoms with van der Waals surface area (Å²) in [6.45, 7) is 6.21. The maximum atomic E-state index is 12.8. The van der Waals surface area contributed by atoms with Crippen molar-refractivity contribution in [1.29, 1.82) is 0 Å². The zero-order chi connectivity index (χ0) is 25.1. The van der Waals surface area contributed by atoms with Gasteiger partial charge in [0.2, 0.25) is 0 Å². The van der Waals surface area contributed by atoms with Crippen LogP contribution in [0.1, 0.15) is 26.3 Å². The second-order valence-electron chi connectivity index (χ2n) is 8.55. The van der Waals surface area contributed by atoms with E-state index in [4.69, 9.17) is 0 Å². The average molecular weight is 471 g/mol. The molecule has 3 rings (SSSR count). The molecule has 3 aromatic carbocycles. The number of hydrogen-bond donors (Lipinski definition) is 0. The molecule has 34 heavy (non-hydrogen) atoms. The first-order chi connectivity index (χ1) is 15.9. The van der Waals surface area contributed by atoms with Crippen LogP contribution in [-0.2, 0) is 19.7 Å². The van der Waals surface area contributed by atoms with E-state index < -0.39 is 18.2 Å². The van der Waals surface area contributed by atoms with Gasteiger partial charge in [-0.25, -0.2) is 4.79 Å². The summed E-state index contributed by atoms with van der Waals surface area (Å²) in [6.07, 6.45) is -4.76. The van der Waals surface area contributed by atoms with E-state index in [1.165, 1.54) is 29.2 Å². The molecule has 178 valence electrons. The van der Waals surface area contributed by atoms with Gasteiger partial charge in [-0.3, -0.25) is 9.69 Å². The zero-order valence-electron chi connectivity index (χ0n) is 19.1. The predicted molar refractivity (Wildman–Crippen MR) is 123 cm³/mol. The van der Waals surface area contributed by atoms with Gasteiger partial charge in [0, 0.05) is 11.4 Å². The minimum Gasteiger partial charge on any atom is -0.462 e. The van der Waals surface area contributed by atoms with Crippen LogP contribution in [-0.4, -0.2) is 25.3 Å². The molecule has 0 saturated heterocycles. The number of nitrogens with zero attached hydrogens (tertiary/aromatic N) is 1. The predicted octanol–water partition coefficient (Wildman–Crippen LogP) is 6.39. The van der Waals surface area contributed by atoms with Crippen molar-refractivity contribution < 1.29 is 32.2 Å². The Labute approximate surface area is 195 Å². The number of carbonyl (C=O) groups excluding carboxylic acids is 2. The Morgan fingerprint density at radius 1 is 0.735 bits per heavy atom. The maximum Gasteiger partial charge on any atom is 0.573 e. The number of carbonyl (C=O) groups is 2. The number of hydrogen-bond acceptors (Lipinski definition) is 4. The number of benzene rings is 3. The third-order valence-electron chi connectivity index (χ3n) is 5.10. The van der Waals surface area contributed by atoms with Gasteiger partial charge < -0.3 is 9.47 Å². The molecule has 0 aliphatic carbocycles. The third kappa shape index (κ3) is 5.95. The van der Waals surface area contributed by atoms with Crippen LogP contribution in [0.4, 0.5) is 24.5 Å². The minimum absolute atomic E-state index is 0.0853. The van der Waals surface area contributed by atoms with Crippen molar-refractivity contribution in [2.24, 2.45) is 0 Å². The summed E-state index contributed by atoms with van der Waals surface area (Å²) < 4.78 is 45.6. The van der Waals surface area contributed by atoms with Crippen molar-refractivity contribution >= 4 is 23.3 Å². The summed E-state index contributed by atoms with van der Waals surface area (Å²) in [5, 5.41) is 0. The Kier molecular flexibility index (Phi) is 7.00. The first-order valence-electron chi connectivity index (χ1n) is 10.4. The number of anilines is 2. The van der Waals surface area contributed by atoms with E-state index in [0.29, 0.717) is 22.5 Å². The normalized spacial score (nSPS) is 11.6. The maximum absolute atomic E-state index is 12.8. The lowest BCUT2D eigenvalue weighted by Gasteiger charge is -2.24. The first kappa shape index (κ1) is 24.8. The van der Waals surface area contributed by atoms with Gasteiger partial charge in [-0.05, 0) is 58.5 Å². The molecular formula is C26H24F3NO4. The third-order valence-corrected chi connectivity index (χ3v) is 5.10. The van der Waals surface area contributed by atoms with Gasteiger partial charge in [0.1, 0.15) is 5.75 Å². The van der Waals surface area contributed by atoms with Crippen LogP contribution in [0.15, 0.2) is 72.8 Å². The van der Waals surface area contributed by atoms with E-state index in [0.717, 1.165) is 12.7 Å². The Morgan fingerprint density at radius 2 is 1.18 bits per heavy atom. The van der Waals surface area contributed by atoms with E-state index >= 15 is 0 Å². The molecule has 0 unspecified atom stereocenters. The van der Waals surface area contributed by atoms with E-state index in [2.05, 4.69) is 30.2 Å². The molecule has 0 aliphatic heterocycles. The van der Waals surface area contributed by atoms with Crippen molar-refractivity contribution in [3.8, 4) is 16.9 Å². The molecule has 0 radical (unpaired) electrons. The molecule has 5 nitrogen and oxygen atoms in total. The Morgan fingerprint density at radius 3 is 1.59 bits per heavy atom. The second-order valence-corrected chi connectivity index (χ2v) is 8.55. The largest absolute Gasteiger partial charge is 0.573 e. The molecule has 0 N–H and O–H groups in total. The molecule has 3 aromatic rings. The smallest absolute Gasteiger partial charge is 0.462 e.